The van der Waals surface area contributed by atoms with Crippen molar-refractivity contribution in [2.75, 3.05) is 6.61 Å². The van der Waals surface area contributed by atoms with E-state index in [0.717, 1.165) is 24.7 Å². The molecule has 1 saturated carbocycles. The molecule has 0 unspecified atom stereocenters. The van der Waals surface area contributed by atoms with Gasteiger partial charge in [0, 0.05) is 6.92 Å². The van der Waals surface area contributed by atoms with Gasteiger partial charge >= 0.3 is 0 Å². The maximum absolute atomic E-state index is 5.49. The second kappa shape index (κ2) is 8.41. The van der Waals surface area contributed by atoms with Crippen molar-refractivity contribution in [3.05, 3.63) is 23.8 Å². The van der Waals surface area contributed by atoms with Crippen LogP contribution in [0, 0.1) is 11.8 Å². The third-order valence-electron chi connectivity index (χ3n) is 4.34. The van der Waals surface area contributed by atoms with Crippen LogP contribution in [0.2, 0.25) is 0 Å². The largest absolute Gasteiger partial charge is 0.481 e. The third kappa shape index (κ3) is 6.50. The molecule has 0 N–H and O–H groups in total. The lowest BCUT2D eigenvalue weighted by molar-refractivity contribution is 0.260. The number of hydrogen-bond acceptors (Lipinski definition) is 2. The summed E-state index contributed by atoms with van der Waals surface area (Å²) < 4.78 is 5.49. The summed E-state index contributed by atoms with van der Waals surface area (Å²) in [4.78, 5) is 4.80. The van der Waals surface area contributed by atoms with E-state index in [1.165, 1.54) is 18.4 Å². The molecule has 1 rings (SSSR count). The zero-order chi connectivity index (χ0) is 15.9. The molecular weight excluding hydrogens is 258 g/mol. The van der Waals surface area contributed by atoms with Crippen molar-refractivity contribution < 1.29 is 4.74 Å². The highest BCUT2D eigenvalue weighted by Gasteiger charge is 2.31. The van der Waals surface area contributed by atoms with Crippen LogP contribution < -0.4 is 0 Å². The summed E-state index contributed by atoms with van der Waals surface area (Å²) in [5.41, 5.74) is 1.59. The highest BCUT2D eigenvalue weighted by atomic mass is 16.5. The van der Waals surface area contributed by atoms with Gasteiger partial charge in [0.05, 0.1) is 12.1 Å². The lowest BCUT2D eigenvalue weighted by atomic mass is 9.75. The van der Waals surface area contributed by atoms with E-state index >= 15 is 0 Å². The molecule has 0 aromatic heterocycles. The molecule has 120 valence electrons. The van der Waals surface area contributed by atoms with E-state index in [1.807, 2.05) is 13.8 Å². The molecule has 1 aliphatic carbocycles. The van der Waals surface area contributed by atoms with Crippen molar-refractivity contribution >= 4 is 5.90 Å². The smallest absolute Gasteiger partial charge is 0.180 e. The lowest BCUT2D eigenvalue weighted by Gasteiger charge is -2.35. The Hall–Kier alpha value is -1.05. The summed E-state index contributed by atoms with van der Waals surface area (Å²) >= 11 is 0. The minimum absolute atomic E-state index is 0.0732. The van der Waals surface area contributed by atoms with Gasteiger partial charge in [0.2, 0.25) is 0 Å². The summed E-state index contributed by atoms with van der Waals surface area (Å²) in [6, 6.07) is 0. The van der Waals surface area contributed by atoms with Gasteiger partial charge in [0.1, 0.15) is 0 Å². The van der Waals surface area contributed by atoms with Crippen LogP contribution in [0.3, 0.4) is 0 Å². The minimum atomic E-state index is 0.0732. The van der Waals surface area contributed by atoms with Gasteiger partial charge in [-0.3, -0.25) is 0 Å². The molecule has 2 heteroatoms. The Balaban J connectivity index is 2.57. The predicted molar refractivity (Wildman–Crippen MR) is 92.8 cm³/mol. The van der Waals surface area contributed by atoms with Gasteiger partial charge in [-0.15, -0.1) is 0 Å². The second-order valence-corrected chi connectivity index (χ2v) is 6.87. The Labute approximate surface area is 131 Å². The summed E-state index contributed by atoms with van der Waals surface area (Å²) in [5, 5.41) is 0. The Bertz CT molecular complexity index is 396. The molecule has 0 bridgehead atoms. The van der Waals surface area contributed by atoms with Gasteiger partial charge in [-0.25, -0.2) is 4.99 Å². The molecule has 1 aliphatic rings. The third-order valence-corrected chi connectivity index (χ3v) is 4.34. The van der Waals surface area contributed by atoms with Gasteiger partial charge < -0.3 is 4.74 Å². The second-order valence-electron chi connectivity index (χ2n) is 6.87. The molecule has 1 fully saturated rings. The van der Waals surface area contributed by atoms with Crippen molar-refractivity contribution in [2.24, 2.45) is 16.8 Å². The minimum Gasteiger partial charge on any atom is -0.481 e. The molecule has 0 aliphatic heterocycles. The van der Waals surface area contributed by atoms with E-state index < -0.39 is 0 Å². The summed E-state index contributed by atoms with van der Waals surface area (Å²) in [6.45, 7) is 13.7. The SMILES string of the molecule is CCOC(C)=NC1(C)CCC(/C(C)=C/C=C/C(C)C)CC1. The fourth-order valence-electron chi connectivity index (χ4n) is 2.99. The van der Waals surface area contributed by atoms with Gasteiger partial charge in [0.15, 0.2) is 5.90 Å². The standard InChI is InChI=1S/C19H33NO/c1-7-21-17(5)20-19(6)13-11-18(12-14-19)16(4)10-8-9-15(2)3/h8-10,15,18H,7,11-14H2,1-6H3/b9-8+,16-10+,20-17?. The molecule has 2 nitrogen and oxygen atoms in total. The first-order valence-corrected chi connectivity index (χ1v) is 8.40. The van der Waals surface area contributed by atoms with Crippen molar-refractivity contribution in [3.63, 3.8) is 0 Å². The maximum atomic E-state index is 5.49. The van der Waals surface area contributed by atoms with Crippen molar-refractivity contribution in [2.45, 2.75) is 72.8 Å². The number of hydrogen-bond donors (Lipinski definition) is 0. The summed E-state index contributed by atoms with van der Waals surface area (Å²) in [6.07, 6.45) is 11.5. The monoisotopic (exact) mass is 291 g/mol. The topological polar surface area (TPSA) is 21.6 Å². The normalized spacial score (nSPS) is 28.4. The highest BCUT2D eigenvalue weighted by Crippen LogP contribution is 2.38. The maximum Gasteiger partial charge on any atom is 0.180 e. The van der Waals surface area contributed by atoms with Crippen molar-refractivity contribution in [3.8, 4) is 0 Å². The van der Waals surface area contributed by atoms with E-state index in [1.54, 1.807) is 0 Å². The molecule has 0 atom stereocenters. The summed E-state index contributed by atoms with van der Waals surface area (Å²) in [5.74, 6) is 2.18. The Morgan fingerprint density at radius 1 is 1.29 bits per heavy atom. The van der Waals surface area contributed by atoms with Gasteiger partial charge in [-0.2, -0.15) is 0 Å². The number of aliphatic imine (C=N–C) groups is 1. The van der Waals surface area contributed by atoms with Crippen LogP contribution >= 0.6 is 0 Å². The van der Waals surface area contributed by atoms with Crippen LogP contribution in [0.5, 0.6) is 0 Å². The number of allylic oxidation sites excluding steroid dienone is 4. The lowest BCUT2D eigenvalue weighted by Crippen LogP contribution is -2.30. The van der Waals surface area contributed by atoms with Crippen LogP contribution in [0.25, 0.3) is 0 Å². The molecule has 0 spiro atoms. The fraction of sp³-hybridized carbons (Fsp3) is 0.737. The van der Waals surface area contributed by atoms with Crippen molar-refractivity contribution in [1.29, 1.82) is 0 Å². The van der Waals surface area contributed by atoms with E-state index in [9.17, 15) is 0 Å². The molecule has 0 aromatic rings. The molecule has 0 aromatic carbocycles. The van der Waals surface area contributed by atoms with Gasteiger partial charge in [0.25, 0.3) is 0 Å². The van der Waals surface area contributed by atoms with Gasteiger partial charge in [-0.1, -0.05) is 37.6 Å². The van der Waals surface area contributed by atoms with Crippen LogP contribution in [0.4, 0.5) is 0 Å². The van der Waals surface area contributed by atoms with Crippen molar-refractivity contribution in [1.82, 2.24) is 0 Å². The molecule has 0 amide bonds. The quantitative estimate of drug-likeness (QED) is 0.370. The summed E-state index contributed by atoms with van der Waals surface area (Å²) in [7, 11) is 0. The first-order chi connectivity index (χ1) is 9.86. The van der Waals surface area contributed by atoms with E-state index in [-0.39, 0.29) is 5.54 Å². The van der Waals surface area contributed by atoms with Gasteiger partial charge in [-0.05, 0) is 58.3 Å². The first kappa shape index (κ1) is 18.0. The van der Waals surface area contributed by atoms with Crippen LogP contribution in [-0.4, -0.2) is 18.0 Å². The number of nitrogens with zero attached hydrogens (tertiary/aromatic N) is 1. The van der Waals surface area contributed by atoms with Crippen LogP contribution in [-0.2, 0) is 4.74 Å². The average Bonchev–Trinajstić information content (AvgIpc) is 2.38. The zero-order valence-electron chi connectivity index (χ0n) is 14.8. The highest BCUT2D eigenvalue weighted by molar-refractivity contribution is 5.73. The Morgan fingerprint density at radius 3 is 2.43 bits per heavy atom. The number of rotatable bonds is 5. The first-order valence-electron chi connectivity index (χ1n) is 8.40. The molecule has 0 saturated heterocycles. The van der Waals surface area contributed by atoms with E-state index in [2.05, 4.69) is 45.9 Å². The Morgan fingerprint density at radius 2 is 1.90 bits per heavy atom. The molecule has 0 heterocycles. The fourth-order valence-corrected chi connectivity index (χ4v) is 2.99. The average molecular weight is 291 g/mol. The zero-order valence-corrected chi connectivity index (χ0v) is 14.8. The van der Waals surface area contributed by atoms with E-state index in [0.29, 0.717) is 12.5 Å². The number of ether oxygens (including phenoxy) is 1. The van der Waals surface area contributed by atoms with E-state index in [4.69, 9.17) is 9.73 Å². The molecule has 0 radical (unpaired) electrons. The molecule has 21 heavy (non-hydrogen) atoms. The Kier molecular flexibility index (Phi) is 7.21. The predicted octanol–water partition coefficient (Wildman–Crippen LogP) is 5.55. The van der Waals surface area contributed by atoms with Crippen LogP contribution in [0.1, 0.15) is 67.2 Å². The van der Waals surface area contributed by atoms with Crippen LogP contribution in [0.15, 0.2) is 28.8 Å². The molecular formula is C19H33NO.